The van der Waals surface area contributed by atoms with E-state index in [9.17, 15) is 4.79 Å². The Morgan fingerprint density at radius 2 is 1.86 bits per heavy atom. The molecule has 0 amide bonds. The zero-order valence-corrected chi connectivity index (χ0v) is 8.84. The Morgan fingerprint density at radius 3 is 2.43 bits per heavy atom. The molecular weight excluding hydrogens is 178 g/mol. The van der Waals surface area contributed by atoms with Gasteiger partial charge >= 0.3 is 0 Å². The van der Waals surface area contributed by atoms with Crippen LogP contribution < -0.4 is 5.73 Å². The Labute approximate surface area is 86.0 Å². The second kappa shape index (κ2) is 6.96. The van der Waals surface area contributed by atoms with Gasteiger partial charge in [0.15, 0.2) is 5.78 Å². The fourth-order valence-corrected chi connectivity index (χ4v) is 1.98. The molecule has 1 saturated carbocycles. The van der Waals surface area contributed by atoms with Gasteiger partial charge in [-0.1, -0.05) is 25.7 Å². The van der Waals surface area contributed by atoms with Crippen molar-refractivity contribution in [1.29, 1.82) is 0 Å². The Bertz CT molecular complexity index is 163. The van der Waals surface area contributed by atoms with Gasteiger partial charge in [0, 0.05) is 12.5 Å². The molecule has 1 fully saturated rings. The summed E-state index contributed by atoms with van der Waals surface area (Å²) in [7, 11) is 0. The van der Waals surface area contributed by atoms with Crippen LogP contribution in [0.1, 0.15) is 38.5 Å². The SMILES string of the molecule is NCCOCC(=O)C1CCCCCC1. The van der Waals surface area contributed by atoms with Gasteiger partial charge in [0.1, 0.15) is 6.61 Å². The van der Waals surface area contributed by atoms with Crippen LogP contribution in [-0.2, 0) is 9.53 Å². The van der Waals surface area contributed by atoms with E-state index < -0.39 is 0 Å². The predicted octanol–water partition coefficient (Wildman–Crippen LogP) is 1.50. The van der Waals surface area contributed by atoms with Crippen molar-refractivity contribution in [3.8, 4) is 0 Å². The van der Waals surface area contributed by atoms with Crippen molar-refractivity contribution >= 4 is 5.78 Å². The first-order valence-corrected chi connectivity index (χ1v) is 5.65. The third-order valence-corrected chi connectivity index (χ3v) is 2.82. The Balaban J connectivity index is 2.20. The maximum Gasteiger partial charge on any atom is 0.161 e. The van der Waals surface area contributed by atoms with E-state index >= 15 is 0 Å². The lowest BCUT2D eigenvalue weighted by Gasteiger charge is -2.12. The summed E-state index contributed by atoms with van der Waals surface area (Å²) in [5.41, 5.74) is 5.28. The first-order chi connectivity index (χ1) is 6.84. The van der Waals surface area contributed by atoms with E-state index in [1.807, 2.05) is 0 Å². The van der Waals surface area contributed by atoms with Crippen molar-refractivity contribution in [2.45, 2.75) is 38.5 Å². The fourth-order valence-electron chi connectivity index (χ4n) is 1.98. The number of carbonyl (C=O) groups excluding carboxylic acids is 1. The molecule has 3 nitrogen and oxygen atoms in total. The smallest absolute Gasteiger partial charge is 0.161 e. The number of ketones is 1. The number of hydrogen-bond donors (Lipinski definition) is 1. The van der Waals surface area contributed by atoms with E-state index in [0.29, 0.717) is 13.2 Å². The molecule has 0 aromatic rings. The molecule has 82 valence electrons. The van der Waals surface area contributed by atoms with Crippen molar-refractivity contribution in [3.63, 3.8) is 0 Å². The quantitative estimate of drug-likeness (QED) is 0.539. The van der Waals surface area contributed by atoms with Crippen LogP contribution in [0.2, 0.25) is 0 Å². The van der Waals surface area contributed by atoms with Gasteiger partial charge < -0.3 is 10.5 Å². The monoisotopic (exact) mass is 199 g/mol. The molecule has 1 rings (SSSR count). The minimum Gasteiger partial charge on any atom is -0.372 e. The van der Waals surface area contributed by atoms with Gasteiger partial charge in [-0.15, -0.1) is 0 Å². The molecular formula is C11H21NO2. The highest BCUT2D eigenvalue weighted by Gasteiger charge is 2.19. The first kappa shape index (κ1) is 11.7. The van der Waals surface area contributed by atoms with Crippen LogP contribution in [0.5, 0.6) is 0 Å². The average Bonchev–Trinajstić information content (AvgIpc) is 2.46. The van der Waals surface area contributed by atoms with E-state index in [4.69, 9.17) is 10.5 Å². The van der Waals surface area contributed by atoms with Crippen molar-refractivity contribution in [2.24, 2.45) is 11.7 Å². The van der Waals surface area contributed by atoms with Crippen molar-refractivity contribution in [3.05, 3.63) is 0 Å². The molecule has 14 heavy (non-hydrogen) atoms. The molecule has 1 aliphatic rings. The number of nitrogens with two attached hydrogens (primary N) is 1. The minimum atomic E-state index is 0.260. The maximum atomic E-state index is 11.7. The van der Waals surface area contributed by atoms with Gasteiger partial charge in [0.25, 0.3) is 0 Å². The maximum absolute atomic E-state index is 11.7. The highest BCUT2D eigenvalue weighted by molar-refractivity contribution is 5.82. The summed E-state index contributed by atoms with van der Waals surface area (Å²) in [4.78, 5) is 11.7. The predicted molar refractivity (Wildman–Crippen MR) is 56.1 cm³/mol. The highest BCUT2D eigenvalue weighted by Crippen LogP contribution is 2.23. The second-order valence-electron chi connectivity index (χ2n) is 4.00. The summed E-state index contributed by atoms with van der Waals surface area (Å²) >= 11 is 0. The summed E-state index contributed by atoms with van der Waals surface area (Å²) < 4.78 is 5.16. The van der Waals surface area contributed by atoms with Crippen LogP contribution in [0, 0.1) is 5.92 Å². The summed E-state index contributed by atoms with van der Waals surface area (Å²) in [5, 5.41) is 0. The lowest BCUT2D eigenvalue weighted by molar-refractivity contribution is -0.127. The molecule has 0 saturated heterocycles. The molecule has 0 aliphatic heterocycles. The Morgan fingerprint density at radius 1 is 1.21 bits per heavy atom. The van der Waals surface area contributed by atoms with Crippen LogP contribution in [0.25, 0.3) is 0 Å². The molecule has 0 aromatic heterocycles. The van der Waals surface area contributed by atoms with Crippen LogP contribution in [0.4, 0.5) is 0 Å². The number of rotatable bonds is 5. The van der Waals surface area contributed by atoms with E-state index in [-0.39, 0.29) is 18.3 Å². The summed E-state index contributed by atoms with van der Waals surface area (Å²) in [5.74, 6) is 0.538. The summed E-state index contributed by atoms with van der Waals surface area (Å²) in [6.45, 7) is 1.26. The molecule has 1 aliphatic carbocycles. The molecule has 0 atom stereocenters. The van der Waals surface area contributed by atoms with E-state index in [1.54, 1.807) is 0 Å². The molecule has 0 unspecified atom stereocenters. The van der Waals surface area contributed by atoms with Crippen LogP contribution in [0.3, 0.4) is 0 Å². The minimum absolute atomic E-state index is 0.260. The third kappa shape index (κ3) is 4.20. The van der Waals surface area contributed by atoms with Crippen molar-refractivity contribution < 1.29 is 9.53 Å². The van der Waals surface area contributed by atoms with E-state index in [2.05, 4.69) is 0 Å². The number of hydrogen-bond acceptors (Lipinski definition) is 3. The second-order valence-corrected chi connectivity index (χ2v) is 4.00. The van der Waals surface area contributed by atoms with Gasteiger partial charge in [-0.25, -0.2) is 0 Å². The molecule has 3 heteroatoms. The van der Waals surface area contributed by atoms with Crippen LogP contribution in [-0.4, -0.2) is 25.5 Å². The number of carbonyl (C=O) groups is 1. The van der Waals surface area contributed by atoms with Gasteiger partial charge in [0.05, 0.1) is 6.61 Å². The van der Waals surface area contributed by atoms with E-state index in [0.717, 1.165) is 12.8 Å². The first-order valence-electron chi connectivity index (χ1n) is 5.65. The molecule has 0 aromatic carbocycles. The lowest BCUT2D eigenvalue weighted by Crippen LogP contribution is -2.21. The molecule has 0 bridgehead atoms. The van der Waals surface area contributed by atoms with Crippen molar-refractivity contribution in [2.75, 3.05) is 19.8 Å². The standard InChI is InChI=1S/C11H21NO2/c12-7-8-14-9-11(13)10-5-3-1-2-4-6-10/h10H,1-9,12H2. The topological polar surface area (TPSA) is 52.3 Å². The Hall–Kier alpha value is -0.410. The number of Topliss-reactive ketones (excluding diaryl/α,β-unsaturated/α-hetero) is 1. The Kier molecular flexibility index (Phi) is 5.80. The molecule has 0 radical (unpaired) electrons. The van der Waals surface area contributed by atoms with Gasteiger partial charge in [-0.05, 0) is 12.8 Å². The highest BCUT2D eigenvalue weighted by atomic mass is 16.5. The average molecular weight is 199 g/mol. The van der Waals surface area contributed by atoms with Gasteiger partial charge in [0.2, 0.25) is 0 Å². The third-order valence-electron chi connectivity index (χ3n) is 2.82. The zero-order valence-electron chi connectivity index (χ0n) is 8.84. The normalized spacial score (nSPS) is 19.2. The molecule has 0 heterocycles. The summed E-state index contributed by atoms with van der Waals surface area (Å²) in [6, 6.07) is 0. The summed E-state index contributed by atoms with van der Waals surface area (Å²) in [6.07, 6.45) is 7.09. The van der Waals surface area contributed by atoms with Gasteiger partial charge in [-0.2, -0.15) is 0 Å². The zero-order chi connectivity index (χ0) is 10.2. The molecule has 0 spiro atoms. The van der Waals surface area contributed by atoms with Crippen LogP contribution >= 0.6 is 0 Å². The molecule has 2 N–H and O–H groups in total. The van der Waals surface area contributed by atoms with Gasteiger partial charge in [-0.3, -0.25) is 4.79 Å². The van der Waals surface area contributed by atoms with Crippen molar-refractivity contribution in [1.82, 2.24) is 0 Å². The lowest BCUT2D eigenvalue weighted by atomic mass is 9.96. The van der Waals surface area contributed by atoms with Crippen LogP contribution in [0.15, 0.2) is 0 Å². The largest absolute Gasteiger partial charge is 0.372 e. The fraction of sp³-hybridized carbons (Fsp3) is 0.909. The number of ether oxygens (including phenoxy) is 1. The van der Waals surface area contributed by atoms with E-state index in [1.165, 1.54) is 25.7 Å².